The predicted octanol–water partition coefficient (Wildman–Crippen LogP) is 4.27. The van der Waals surface area contributed by atoms with Gasteiger partial charge in [0, 0.05) is 21.2 Å². The Balaban J connectivity index is 1.90. The Morgan fingerprint density at radius 3 is 2.65 bits per heavy atom. The molecule has 0 radical (unpaired) electrons. The van der Waals surface area contributed by atoms with Crippen LogP contribution in [0.25, 0.3) is 10.9 Å². The van der Waals surface area contributed by atoms with Crippen molar-refractivity contribution in [2.45, 2.75) is 20.0 Å². The van der Waals surface area contributed by atoms with E-state index >= 15 is 0 Å². The maximum atomic E-state index is 4.70. The molecule has 3 aromatic rings. The molecule has 0 saturated carbocycles. The molecule has 20 heavy (non-hydrogen) atoms. The second-order valence-corrected chi connectivity index (χ2v) is 5.78. The van der Waals surface area contributed by atoms with E-state index in [1.165, 1.54) is 14.5 Å². The van der Waals surface area contributed by atoms with Crippen molar-refractivity contribution >= 4 is 39.2 Å². The van der Waals surface area contributed by atoms with Crippen LogP contribution in [0.3, 0.4) is 0 Å². The molecule has 0 amide bonds. The van der Waals surface area contributed by atoms with E-state index in [4.69, 9.17) is 5.10 Å². The highest BCUT2D eigenvalue weighted by Crippen LogP contribution is 2.21. The molecule has 1 N–H and O–H groups in total. The summed E-state index contributed by atoms with van der Waals surface area (Å²) in [4.78, 5) is 0. The van der Waals surface area contributed by atoms with Gasteiger partial charge in [-0.25, -0.2) is 0 Å². The molecule has 1 aromatic heterocycles. The Hall–Kier alpha value is -1.56. The molecule has 0 fully saturated rings. The van der Waals surface area contributed by atoms with Crippen LogP contribution in [0.1, 0.15) is 12.6 Å². The molecule has 1 heterocycles. The van der Waals surface area contributed by atoms with Crippen molar-refractivity contribution in [3.63, 3.8) is 0 Å². The fourth-order valence-corrected chi connectivity index (χ4v) is 2.93. The van der Waals surface area contributed by atoms with Crippen molar-refractivity contribution in [1.82, 2.24) is 9.78 Å². The Morgan fingerprint density at radius 1 is 1.10 bits per heavy atom. The Kier molecular flexibility index (Phi) is 3.91. The molecule has 0 saturated heterocycles. The maximum Gasteiger partial charge on any atom is 0.0894 e. The summed E-state index contributed by atoms with van der Waals surface area (Å²) in [5, 5.41) is 9.41. The molecule has 0 atom stereocenters. The van der Waals surface area contributed by atoms with Crippen LogP contribution >= 0.6 is 22.6 Å². The van der Waals surface area contributed by atoms with Crippen LogP contribution in [0.2, 0.25) is 0 Å². The lowest BCUT2D eigenvalue weighted by molar-refractivity contribution is 0.671. The van der Waals surface area contributed by atoms with E-state index in [1.54, 1.807) is 0 Å². The van der Waals surface area contributed by atoms with Crippen LogP contribution in [-0.2, 0) is 13.1 Å². The number of hydrogen-bond donors (Lipinski definition) is 1. The number of fused-ring (bicyclic) bond motifs is 1. The summed E-state index contributed by atoms with van der Waals surface area (Å²) in [5.74, 6) is 0. The molecular formula is C16H16IN3. The molecule has 4 heteroatoms. The Bertz CT molecular complexity index is 733. The first kappa shape index (κ1) is 13.4. The number of para-hydroxylation sites is 2. The third-order valence-electron chi connectivity index (χ3n) is 3.35. The van der Waals surface area contributed by atoms with E-state index in [2.05, 4.69) is 75.9 Å². The average molecular weight is 377 g/mol. The number of anilines is 1. The van der Waals surface area contributed by atoms with E-state index < -0.39 is 0 Å². The largest absolute Gasteiger partial charge is 0.378 e. The van der Waals surface area contributed by atoms with E-state index in [9.17, 15) is 0 Å². The molecular weight excluding hydrogens is 361 g/mol. The van der Waals surface area contributed by atoms with Crippen LogP contribution in [0.15, 0.2) is 48.5 Å². The summed E-state index contributed by atoms with van der Waals surface area (Å²) >= 11 is 2.35. The van der Waals surface area contributed by atoms with Gasteiger partial charge in [-0.1, -0.05) is 30.3 Å². The van der Waals surface area contributed by atoms with E-state index in [0.29, 0.717) is 0 Å². The molecule has 0 spiro atoms. The summed E-state index contributed by atoms with van der Waals surface area (Å²) in [6, 6.07) is 16.7. The highest BCUT2D eigenvalue weighted by atomic mass is 127. The minimum atomic E-state index is 0.744. The standard InChI is InChI=1S/C16H16IN3/c1-2-20-16-10-6-3-7-12(16)15(19-20)11-18-14-9-5-4-8-13(14)17/h3-10,18H,2,11H2,1H3. The lowest BCUT2D eigenvalue weighted by atomic mass is 10.2. The van der Waals surface area contributed by atoms with Gasteiger partial charge in [-0.2, -0.15) is 5.10 Å². The number of halogens is 1. The van der Waals surface area contributed by atoms with Crippen LogP contribution in [0, 0.1) is 3.57 Å². The summed E-state index contributed by atoms with van der Waals surface area (Å²) in [5.41, 5.74) is 3.46. The summed E-state index contributed by atoms with van der Waals surface area (Å²) in [6.45, 7) is 3.76. The zero-order chi connectivity index (χ0) is 13.9. The van der Waals surface area contributed by atoms with Crippen molar-refractivity contribution in [3.8, 4) is 0 Å². The van der Waals surface area contributed by atoms with Gasteiger partial charge in [0.15, 0.2) is 0 Å². The molecule has 0 aliphatic rings. The first-order valence-corrected chi connectivity index (χ1v) is 7.80. The van der Waals surface area contributed by atoms with Crippen molar-refractivity contribution < 1.29 is 0 Å². The predicted molar refractivity (Wildman–Crippen MR) is 91.9 cm³/mol. The minimum Gasteiger partial charge on any atom is -0.378 e. The van der Waals surface area contributed by atoms with E-state index in [1.807, 2.05) is 12.1 Å². The van der Waals surface area contributed by atoms with Gasteiger partial charge < -0.3 is 5.32 Å². The van der Waals surface area contributed by atoms with Crippen molar-refractivity contribution in [1.29, 1.82) is 0 Å². The minimum absolute atomic E-state index is 0.744. The van der Waals surface area contributed by atoms with Crippen LogP contribution < -0.4 is 5.32 Å². The molecule has 102 valence electrons. The quantitative estimate of drug-likeness (QED) is 0.689. The highest BCUT2D eigenvalue weighted by Gasteiger charge is 2.09. The normalized spacial score (nSPS) is 10.9. The summed E-state index contributed by atoms with van der Waals surface area (Å²) in [6.07, 6.45) is 0. The van der Waals surface area contributed by atoms with Gasteiger partial charge >= 0.3 is 0 Å². The highest BCUT2D eigenvalue weighted by molar-refractivity contribution is 14.1. The monoisotopic (exact) mass is 377 g/mol. The van der Waals surface area contributed by atoms with Gasteiger partial charge in [-0.05, 0) is 47.7 Å². The van der Waals surface area contributed by atoms with E-state index in [-0.39, 0.29) is 0 Å². The van der Waals surface area contributed by atoms with Crippen molar-refractivity contribution in [2.24, 2.45) is 0 Å². The van der Waals surface area contributed by atoms with Crippen molar-refractivity contribution in [3.05, 3.63) is 57.8 Å². The lowest BCUT2D eigenvalue weighted by Gasteiger charge is -2.06. The third kappa shape index (κ3) is 2.52. The number of hydrogen-bond acceptors (Lipinski definition) is 2. The van der Waals surface area contributed by atoms with Gasteiger partial charge in [0.1, 0.15) is 0 Å². The molecule has 3 nitrogen and oxygen atoms in total. The first-order chi connectivity index (χ1) is 9.79. The molecule has 0 bridgehead atoms. The average Bonchev–Trinajstić information content (AvgIpc) is 2.85. The zero-order valence-corrected chi connectivity index (χ0v) is 13.5. The molecule has 0 unspecified atom stereocenters. The molecule has 0 aliphatic heterocycles. The van der Waals surface area contributed by atoms with Crippen LogP contribution in [0.4, 0.5) is 5.69 Å². The van der Waals surface area contributed by atoms with Crippen LogP contribution in [0.5, 0.6) is 0 Å². The Labute approximate surface area is 132 Å². The molecule has 2 aromatic carbocycles. The number of rotatable bonds is 4. The number of aromatic nitrogens is 2. The zero-order valence-electron chi connectivity index (χ0n) is 11.3. The van der Waals surface area contributed by atoms with Gasteiger partial charge in [0.2, 0.25) is 0 Å². The second-order valence-electron chi connectivity index (χ2n) is 4.61. The fourth-order valence-electron chi connectivity index (χ4n) is 2.35. The summed E-state index contributed by atoms with van der Waals surface area (Å²) in [7, 11) is 0. The number of nitrogens with zero attached hydrogens (tertiary/aromatic N) is 2. The van der Waals surface area contributed by atoms with Gasteiger partial charge in [-0.15, -0.1) is 0 Å². The second kappa shape index (κ2) is 5.83. The first-order valence-electron chi connectivity index (χ1n) is 6.72. The number of aryl methyl sites for hydroxylation is 1. The smallest absolute Gasteiger partial charge is 0.0894 e. The van der Waals surface area contributed by atoms with Gasteiger partial charge in [0.25, 0.3) is 0 Å². The number of benzene rings is 2. The SMILES string of the molecule is CCn1nc(CNc2ccccc2I)c2ccccc21. The fraction of sp³-hybridized carbons (Fsp3) is 0.188. The van der Waals surface area contributed by atoms with Gasteiger partial charge in [0.05, 0.1) is 17.8 Å². The van der Waals surface area contributed by atoms with Crippen molar-refractivity contribution in [2.75, 3.05) is 5.32 Å². The van der Waals surface area contributed by atoms with Gasteiger partial charge in [-0.3, -0.25) is 4.68 Å². The molecule has 0 aliphatic carbocycles. The topological polar surface area (TPSA) is 29.9 Å². The lowest BCUT2D eigenvalue weighted by Crippen LogP contribution is -2.03. The van der Waals surface area contributed by atoms with Crippen LogP contribution in [-0.4, -0.2) is 9.78 Å². The number of nitrogens with one attached hydrogen (secondary N) is 1. The summed E-state index contributed by atoms with van der Waals surface area (Å²) < 4.78 is 3.28. The third-order valence-corrected chi connectivity index (χ3v) is 4.29. The van der Waals surface area contributed by atoms with E-state index in [0.717, 1.165) is 24.5 Å². The maximum absolute atomic E-state index is 4.70. The molecule has 3 rings (SSSR count). The Morgan fingerprint density at radius 2 is 1.85 bits per heavy atom.